The maximum absolute atomic E-state index is 13.6. The van der Waals surface area contributed by atoms with E-state index in [1.807, 2.05) is 35.2 Å². The zero-order valence-corrected chi connectivity index (χ0v) is 15.8. The lowest BCUT2D eigenvalue weighted by Crippen LogP contribution is -2.49. The van der Waals surface area contributed by atoms with Crippen molar-refractivity contribution in [2.75, 3.05) is 31.1 Å². The number of piperazine rings is 1. The van der Waals surface area contributed by atoms with Crippen LogP contribution in [0.15, 0.2) is 42.6 Å². The number of hydrogen-bond acceptors (Lipinski definition) is 3. The van der Waals surface area contributed by atoms with Crippen LogP contribution in [-0.4, -0.2) is 42.0 Å². The normalized spacial score (nSPS) is 18.4. The van der Waals surface area contributed by atoms with E-state index in [1.54, 1.807) is 13.1 Å². The zero-order chi connectivity index (χ0) is 18.8. The summed E-state index contributed by atoms with van der Waals surface area (Å²) in [6.45, 7) is 4.88. The highest BCUT2D eigenvalue weighted by Gasteiger charge is 2.35. The Bertz CT molecular complexity index is 798. The Hall–Kier alpha value is -2.43. The van der Waals surface area contributed by atoms with Gasteiger partial charge in [-0.25, -0.2) is 9.37 Å². The van der Waals surface area contributed by atoms with Gasteiger partial charge >= 0.3 is 0 Å². The molecule has 1 aliphatic heterocycles. The average molecular weight is 367 g/mol. The number of halogens is 1. The Labute approximate surface area is 160 Å². The Morgan fingerprint density at radius 2 is 1.96 bits per heavy atom. The van der Waals surface area contributed by atoms with Crippen LogP contribution >= 0.6 is 0 Å². The standard InChI is InChI=1S/C22H26FN3O/c1-16-14-18(7-8-20(16)23)19(17-5-6-17)15-22(27)26-12-10-25(11-13-26)21-4-2-3-9-24-21/h2-4,7-9,14,17,19H,5-6,10-13,15H2,1H3. The topological polar surface area (TPSA) is 36.4 Å². The van der Waals surface area contributed by atoms with Gasteiger partial charge in [0.2, 0.25) is 5.91 Å². The lowest BCUT2D eigenvalue weighted by atomic mass is 9.89. The molecule has 2 aromatic rings. The molecule has 0 radical (unpaired) electrons. The Kier molecular flexibility index (Phi) is 5.10. The monoisotopic (exact) mass is 367 g/mol. The molecule has 5 heteroatoms. The molecule has 4 nitrogen and oxygen atoms in total. The molecule has 4 rings (SSSR count). The molecule has 1 unspecified atom stereocenters. The fraction of sp³-hybridized carbons (Fsp3) is 0.455. The van der Waals surface area contributed by atoms with Crippen LogP contribution in [0.1, 0.15) is 36.3 Å². The van der Waals surface area contributed by atoms with Gasteiger partial charge in [0.05, 0.1) is 0 Å². The highest BCUT2D eigenvalue weighted by Crippen LogP contribution is 2.45. The summed E-state index contributed by atoms with van der Waals surface area (Å²) in [5.74, 6) is 1.79. The largest absolute Gasteiger partial charge is 0.353 e. The Morgan fingerprint density at radius 1 is 1.19 bits per heavy atom. The number of aromatic nitrogens is 1. The van der Waals surface area contributed by atoms with Crippen LogP contribution < -0.4 is 4.90 Å². The molecule has 27 heavy (non-hydrogen) atoms. The first kappa shape index (κ1) is 18.0. The maximum atomic E-state index is 13.6. The second-order valence-electron chi connectivity index (χ2n) is 7.71. The van der Waals surface area contributed by atoms with Gasteiger partial charge in [0.15, 0.2) is 0 Å². The van der Waals surface area contributed by atoms with E-state index < -0.39 is 0 Å². The van der Waals surface area contributed by atoms with Crippen LogP contribution in [0.4, 0.5) is 10.2 Å². The van der Waals surface area contributed by atoms with Gasteiger partial charge in [0.1, 0.15) is 11.6 Å². The fourth-order valence-corrected chi connectivity index (χ4v) is 4.00. The highest BCUT2D eigenvalue weighted by molar-refractivity contribution is 5.77. The number of hydrogen-bond donors (Lipinski definition) is 0. The van der Waals surface area contributed by atoms with Crippen molar-refractivity contribution >= 4 is 11.7 Å². The van der Waals surface area contributed by atoms with Crippen molar-refractivity contribution in [1.82, 2.24) is 9.88 Å². The number of amides is 1. The lowest BCUT2D eigenvalue weighted by molar-refractivity contribution is -0.132. The third kappa shape index (κ3) is 4.12. The molecule has 2 aliphatic rings. The minimum Gasteiger partial charge on any atom is -0.353 e. The van der Waals surface area contributed by atoms with Crippen molar-refractivity contribution < 1.29 is 9.18 Å². The molecule has 1 amide bonds. The molecule has 2 fully saturated rings. The maximum Gasteiger partial charge on any atom is 0.223 e. The Balaban J connectivity index is 1.38. The number of anilines is 1. The molecule has 1 saturated heterocycles. The second kappa shape index (κ2) is 7.67. The Morgan fingerprint density at radius 3 is 2.59 bits per heavy atom. The van der Waals surface area contributed by atoms with Crippen LogP contribution in [0.5, 0.6) is 0 Å². The van der Waals surface area contributed by atoms with Gasteiger partial charge in [0.25, 0.3) is 0 Å². The first-order valence-corrected chi connectivity index (χ1v) is 9.81. The summed E-state index contributed by atoms with van der Waals surface area (Å²) in [5, 5.41) is 0. The summed E-state index contributed by atoms with van der Waals surface area (Å²) in [6, 6.07) is 11.2. The SMILES string of the molecule is Cc1cc(C(CC(=O)N2CCN(c3ccccn3)CC2)C2CC2)ccc1F. The molecule has 1 aromatic carbocycles. The number of carbonyl (C=O) groups excluding carboxylic acids is 1. The van der Waals surface area contributed by atoms with Crippen molar-refractivity contribution in [2.24, 2.45) is 5.92 Å². The van der Waals surface area contributed by atoms with Gasteiger partial charge < -0.3 is 9.80 Å². The van der Waals surface area contributed by atoms with E-state index in [1.165, 1.54) is 18.9 Å². The molecule has 0 N–H and O–H groups in total. The number of aryl methyl sites for hydroxylation is 1. The van der Waals surface area contributed by atoms with Crippen LogP contribution in [0.25, 0.3) is 0 Å². The van der Waals surface area contributed by atoms with E-state index in [0.29, 0.717) is 17.9 Å². The lowest BCUT2D eigenvalue weighted by Gasteiger charge is -2.36. The van der Waals surface area contributed by atoms with E-state index in [2.05, 4.69) is 9.88 Å². The molecule has 142 valence electrons. The summed E-state index contributed by atoms with van der Waals surface area (Å²) < 4.78 is 13.6. The van der Waals surface area contributed by atoms with Gasteiger partial charge in [-0.2, -0.15) is 0 Å². The van der Waals surface area contributed by atoms with Gasteiger partial charge in [-0.05, 0) is 60.9 Å². The fourth-order valence-electron chi connectivity index (χ4n) is 4.00. The van der Waals surface area contributed by atoms with Gasteiger partial charge in [-0.15, -0.1) is 0 Å². The molecular weight excluding hydrogens is 341 g/mol. The molecular formula is C22H26FN3O. The average Bonchev–Trinajstić information content (AvgIpc) is 3.54. The third-order valence-electron chi connectivity index (χ3n) is 5.80. The second-order valence-corrected chi connectivity index (χ2v) is 7.71. The van der Waals surface area contributed by atoms with E-state index in [-0.39, 0.29) is 17.6 Å². The number of pyridine rings is 1. The van der Waals surface area contributed by atoms with Crippen molar-refractivity contribution in [3.05, 3.63) is 59.5 Å². The minimum absolute atomic E-state index is 0.176. The number of benzene rings is 1. The molecule has 1 aromatic heterocycles. The van der Waals surface area contributed by atoms with Gasteiger partial charge in [0, 0.05) is 38.8 Å². The molecule has 1 aliphatic carbocycles. The minimum atomic E-state index is -0.176. The van der Waals surface area contributed by atoms with E-state index in [0.717, 1.165) is 37.6 Å². The van der Waals surface area contributed by atoms with E-state index in [9.17, 15) is 9.18 Å². The number of carbonyl (C=O) groups is 1. The van der Waals surface area contributed by atoms with Crippen molar-refractivity contribution in [3.8, 4) is 0 Å². The van der Waals surface area contributed by atoms with Gasteiger partial charge in [-0.1, -0.05) is 18.2 Å². The predicted molar refractivity (Wildman–Crippen MR) is 104 cm³/mol. The zero-order valence-electron chi connectivity index (χ0n) is 15.8. The molecule has 0 bridgehead atoms. The van der Waals surface area contributed by atoms with Crippen LogP contribution in [-0.2, 0) is 4.79 Å². The quantitative estimate of drug-likeness (QED) is 0.807. The number of rotatable bonds is 5. The van der Waals surface area contributed by atoms with Gasteiger partial charge in [-0.3, -0.25) is 4.79 Å². The van der Waals surface area contributed by atoms with Crippen LogP contribution in [0.3, 0.4) is 0 Å². The van der Waals surface area contributed by atoms with E-state index in [4.69, 9.17) is 0 Å². The molecule has 1 saturated carbocycles. The van der Waals surface area contributed by atoms with Crippen molar-refractivity contribution in [3.63, 3.8) is 0 Å². The first-order chi connectivity index (χ1) is 13.1. The summed E-state index contributed by atoms with van der Waals surface area (Å²) in [4.78, 5) is 21.5. The summed E-state index contributed by atoms with van der Waals surface area (Å²) in [5.41, 5.74) is 1.77. The molecule has 0 spiro atoms. The number of nitrogens with zero attached hydrogens (tertiary/aromatic N) is 3. The first-order valence-electron chi connectivity index (χ1n) is 9.81. The summed E-state index contributed by atoms with van der Waals surface area (Å²) in [7, 11) is 0. The van der Waals surface area contributed by atoms with Crippen molar-refractivity contribution in [2.45, 2.75) is 32.1 Å². The predicted octanol–water partition coefficient (Wildman–Crippen LogP) is 3.76. The summed E-state index contributed by atoms with van der Waals surface area (Å²) >= 11 is 0. The van der Waals surface area contributed by atoms with Crippen molar-refractivity contribution in [1.29, 1.82) is 0 Å². The highest BCUT2D eigenvalue weighted by atomic mass is 19.1. The van der Waals surface area contributed by atoms with Crippen LogP contribution in [0.2, 0.25) is 0 Å². The van der Waals surface area contributed by atoms with Crippen LogP contribution in [0, 0.1) is 18.7 Å². The smallest absolute Gasteiger partial charge is 0.223 e. The van der Waals surface area contributed by atoms with E-state index >= 15 is 0 Å². The molecule has 1 atom stereocenters. The molecule has 2 heterocycles. The third-order valence-corrected chi connectivity index (χ3v) is 5.80. The summed E-state index contributed by atoms with van der Waals surface area (Å²) in [6.07, 6.45) is 4.67.